The Morgan fingerprint density at radius 3 is 2.20 bits per heavy atom. The molecule has 0 N–H and O–H groups in total. The van der Waals surface area contributed by atoms with Crippen LogP contribution in [0.2, 0.25) is 0 Å². The molecule has 0 atom stereocenters. The zero-order chi connectivity index (χ0) is 14.5. The number of ether oxygens (including phenoxy) is 3. The molecule has 0 bridgehead atoms. The molecule has 0 aromatic heterocycles. The van der Waals surface area contributed by atoms with Gasteiger partial charge in [0.2, 0.25) is 0 Å². The van der Waals surface area contributed by atoms with Crippen LogP contribution in [-0.4, -0.2) is 26.3 Å². The van der Waals surface area contributed by atoms with Gasteiger partial charge in [0.25, 0.3) is 5.97 Å². The molecule has 1 aliphatic heterocycles. The Morgan fingerprint density at radius 1 is 1.05 bits per heavy atom. The van der Waals surface area contributed by atoms with Gasteiger partial charge in [0.1, 0.15) is 0 Å². The van der Waals surface area contributed by atoms with Crippen molar-refractivity contribution in [3.05, 3.63) is 0 Å². The van der Waals surface area contributed by atoms with Crippen LogP contribution in [0.15, 0.2) is 0 Å². The Bertz CT molecular complexity index is 276. The minimum Gasteiger partial charge on any atom is -0.331 e. The van der Waals surface area contributed by atoms with E-state index in [1.54, 1.807) is 7.11 Å². The third-order valence-electron chi connectivity index (χ3n) is 5.36. The van der Waals surface area contributed by atoms with Gasteiger partial charge in [0.15, 0.2) is 0 Å². The Hall–Kier alpha value is -0.120. The quantitative estimate of drug-likeness (QED) is 0.718. The Morgan fingerprint density at radius 2 is 1.70 bits per heavy atom. The third kappa shape index (κ3) is 3.37. The first-order chi connectivity index (χ1) is 9.70. The van der Waals surface area contributed by atoms with Crippen LogP contribution < -0.4 is 0 Å². The second-order valence-corrected chi connectivity index (χ2v) is 6.68. The summed E-state index contributed by atoms with van der Waals surface area (Å²) in [6.07, 6.45) is 11.0. The van der Waals surface area contributed by atoms with Crippen LogP contribution in [0.25, 0.3) is 0 Å². The topological polar surface area (TPSA) is 27.7 Å². The summed E-state index contributed by atoms with van der Waals surface area (Å²) >= 11 is 0. The molecular formula is C17H32O3. The van der Waals surface area contributed by atoms with Gasteiger partial charge in [-0.1, -0.05) is 46.0 Å². The molecule has 0 radical (unpaired) electrons. The molecule has 1 heterocycles. The summed E-state index contributed by atoms with van der Waals surface area (Å²) in [5.74, 6) is -0.354. The highest BCUT2D eigenvalue weighted by Gasteiger charge is 2.49. The predicted molar refractivity (Wildman–Crippen MR) is 80.5 cm³/mol. The fourth-order valence-corrected chi connectivity index (χ4v) is 3.64. The van der Waals surface area contributed by atoms with E-state index in [0.29, 0.717) is 5.92 Å². The number of unbranched alkanes of at least 4 members (excludes halogenated alkanes) is 1. The minimum atomic E-state index is -0.759. The molecule has 0 unspecified atom stereocenters. The summed E-state index contributed by atoms with van der Waals surface area (Å²) in [4.78, 5) is 0. The summed E-state index contributed by atoms with van der Waals surface area (Å²) in [5.41, 5.74) is 0.201. The van der Waals surface area contributed by atoms with E-state index in [1.807, 2.05) is 0 Å². The monoisotopic (exact) mass is 284 g/mol. The van der Waals surface area contributed by atoms with Gasteiger partial charge in [-0.05, 0) is 25.7 Å². The van der Waals surface area contributed by atoms with Crippen LogP contribution in [0.4, 0.5) is 0 Å². The highest BCUT2D eigenvalue weighted by Crippen LogP contribution is 2.44. The lowest BCUT2D eigenvalue weighted by Gasteiger charge is -2.48. The van der Waals surface area contributed by atoms with E-state index < -0.39 is 5.97 Å². The highest BCUT2D eigenvalue weighted by molar-refractivity contribution is 4.85. The number of hydrogen-bond acceptors (Lipinski definition) is 3. The van der Waals surface area contributed by atoms with E-state index in [9.17, 15) is 0 Å². The van der Waals surface area contributed by atoms with E-state index in [4.69, 9.17) is 14.2 Å². The van der Waals surface area contributed by atoms with Gasteiger partial charge in [-0.2, -0.15) is 0 Å². The third-order valence-corrected chi connectivity index (χ3v) is 5.36. The van der Waals surface area contributed by atoms with Crippen molar-refractivity contribution in [1.82, 2.24) is 0 Å². The van der Waals surface area contributed by atoms with Crippen LogP contribution in [0, 0.1) is 11.3 Å². The lowest BCUT2D eigenvalue weighted by Crippen LogP contribution is -2.55. The van der Waals surface area contributed by atoms with Crippen molar-refractivity contribution in [2.45, 2.75) is 77.6 Å². The second-order valence-electron chi connectivity index (χ2n) is 6.68. The molecule has 2 rings (SSSR count). The first kappa shape index (κ1) is 16.3. The summed E-state index contributed by atoms with van der Waals surface area (Å²) in [6, 6.07) is 0. The molecule has 1 saturated carbocycles. The van der Waals surface area contributed by atoms with Gasteiger partial charge in [-0.3, -0.25) is 0 Å². The lowest BCUT2D eigenvalue weighted by molar-refractivity contribution is -0.436. The normalized spacial score (nSPS) is 36.1. The summed E-state index contributed by atoms with van der Waals surface area (Å²) in [5, 5.41) is 0. The maximum atomic E-state index is 6.21. The van der Waals surface area contributed by atoms with Crippen LogP contribution in [-0.2, 0) is 14.2 Å². The van der Waals surface area contributed by atoms with Crippen molar-refractivity contribution >= 4 is 0 Å². The first-order valence-corrected chi connectivity index (χ1v) is 8.53. The Kier molecular flexibility index (Phi) is 5.88. The van der Waals surface area contributed by atoms with Gasteiger partial charge in [0, 0.05) is 18.4 Å². The van der Waals surface area contributed by atoms with E-state index in [0.717, 1.165) is 19.6 Å². The SMILES string of the molecule is CCCCC1(CC)COC(OC)(C2CCCCC2)OC1. The molecule has 0 aromatic rings. The molecule has 1 aliphatic carbocycles. The fourth-order valence-electron chi connectivity index (χ4n) is 3.64. The van der Waals surface area contributed by atoms with Gasteiger partial charge >= 0.3 is 0 Å². The molecule has 2 aliphatic rings. The lowest BCUT2D eigenvalue weighted by atomic mass is 9.80. The largest absolute Gasteiger partial charge is 0.331 e. The van der Waals surface area contributed by atoms with Crippen LogP contribution in [0.1, 0.15) is 71.6 Å². The second kappa shape index (κ2) is 7.24. The zero-order valence-electron chi connectivity index (χ0n) is 13.6. The minimum absolute atomic E-state index is 0.201. The smallest absolute Gasteiger partial charge is 0.285 e. The van der Waals surface area contributed by atoms with E-state index >= 15 is 0 Å². The highest BCUT2D eigenvalue weighted by atomic mass is 16.9. The number of rotatable bonds is 6. The van der Waals surface area contributed by atoms with Crippen LogP contribution in [0.5, 0.6) is 0 Å². The molecule has 20 heavy (non-hydrogen) atoms. The van der Waals surface area contributed by atoms with Crippen molar-refractivity contribution in [3.63, 3.8) is 0 Å². The molecule has 118 valence electrons. The van der Waals surface area contributed by atoms with Crippen LogP contribution in [0.3, 0.4) is 0 Å². The average Bonchev–Trinajstić information content (AvgIpc) is 2.54. The van der Waals surface area contributed by atoms with Gasteiger partial charge < -0.3 is 14.2 Å². The average molecular weight is 284 g/mol. The van der Waals surface area contributed by atoms with Gasteiger partial charge in [0.05, 0.1) is 13.2 Å². The molecule has 3 heteroatoms. The van der Waals surface area contributed by atoms with E-state index in [2.05, 4.69) is 13.8 Å². The summed E-state index contributed by atoms with van der Waals surface area (Å²) in [6.45, 7) is 6.07. The number of hydrogen-bond donors (Lipinski definition) is 0. The van der Waals surface area contributed by atoms with Crippen molar-refractivity contribution in [3.8, 4) is 0 Å². The van der Waals surface area contributed by atoms with Gasteiger partial charge in [-0.25, -0.2) is 0 Å². The van der Waals surface area contributed by atoms with Gasteiger partial charge in [-0.15, -0.1) is 0 Å². The Balaban J connectivity index is 1.98. The van der Waals surface area contributed by atoms with E-state index in [1.165, 1.54) is 51.4 Å². The van der Waals surface area contributed by atoms with E-state index in [-0.39, 0.29) is 5.41 Å². The molecule has 0 spiro atoms. The van der Waals surface area contributed by atoms with Crippen molar-refractivity contribution in [1.29, 1.82) is 0 Å². The Labute approximate surface area is 124 Å². The summed E-state index contributed by atoms with van der Waals surface area (Å²) < 4.78 is 18.1. The van der Waals surface area contributed by atoms with Crippen molar-refractivity contribution < 1.29 is 14.2 Å². The number of methoxy groups -OCH3 is 1. The van der Waals surface area contributed by atoms with Crippen molar-refractivity contribution in [2.75, 3.05) is 20.3 Å². The van der Waals surface area contributed by atoms with Crippen LogP contribution >= 0.6 is 0 Å². The molecule has 0 aromatic carbocycles. The summed E-state index contributed by atoms with van der Waals surface area (Å²) in [7, 11) is 1.74. The molecule has 1 saturated heterocycles. The first-order valence-electron chi connectivity index (χ1n) is 8.53. The molecule has 2 fully saturated rings. The maximum absolute atomic E-state index is 6.21. The molecule has 0 amide bonds. The molecule has 3 nitrogen and oxygen atoms in total. The molecular weight excluding hydrogens is 252 g/mol. The van der Waals surface area contributed by atoms with Crippen molar-refractivity contribution in [2.24, 2.45) is 11.3 Å². The standard InChI is InChI=1S/C17H32O3/c1-4-6-12-16(5-2)13-19-17(18-3,20-14-16)15-10-8-7-9-11-15/h15H,4-14H2,1-3H3. The predicted octanol–water partition coefficient (Wildman–Crippen LogP) is 4.50. The fraction of sp³-hybridized carbons (Fsp3) is 1.00. The maximum Gasteiger partial charge on any atom is 0.285 e. The zero-order valence-corrected chi connectivity index (χ0v) is 13.6.